The number of nitrogens with one attached hydrogen (secondary N) is 2. The molecule has 2 aromatic rings. The minimum absolute atomic E-state index is 0.166. The summed E-state index contributed by atoms with van der Waals surface area (Å²) in [7, 11) is 0. The van der Waals surface area contributed by atoms with Crippen LogP contribution in [0.4, 0.5) is 21.0 Å². The average molecular weight is 475 g/mol. The van der Waals surface area contributed by atoms with E-state index in [1.165, 1.54) is 48.5 Å². The first-order valence-electron chi connectivity index (χ1n) is 10.2. The van der Waals surface area contributed by atoms with Crippen molar-refractivity contribution < 1.29 is 38.9 Å². The van der Waals surface area contributed by atoms with Gasteiger partial charge in [-0.25, -0.2) is 19.2 Å². The highest BCUT2D eigenvalue weighted by molar-refractivity contribution is 5.90. The highest BCUT2D eigenvalue weighted by Crippen LogP contribution is 2.14. The van der Waals surface area contributed by atoms with E-state index in [1.54, 1.807) is 41.5 Å². The molecule has 0 aromatic heterocycles. The molecular weight excluding hydrogens is 444 g/mol. The quantitative estimate of drug-likeness (QED) is 0.456. The van der Waals surface area contributed by atoms with Crippen LogP contribution in [0.2, 0.25) is 0 Å². The van der Waals surface area contributed by atoms with E-state index in [0.717, 1.165) is 0 Å². The van der Waals surface area contributed by atoms with Gasteiger partial charge in [-0.15, -0.1) is 0 Å². The maximum Gasteiger partial charge on any atom is 0.412 e. The number of amides is 2. The summed E-state index contributed by atoms with van der Waals surface area (Å²) in [5, 5.41) is 22.4. The molecule has 0 radical (unpaired) electrons. The van der Waals surface area contributed by atoms with Crippen LogP contribution in [-0.4, -0.2) is 45.5 Å². The van der Waals surface area contributed by atoms with Gasteiger partial charge in [-0.1, -0.05) is 0 Å². The molecule has 0 spiro atoms. The standard InChI is InChI=1S/2C12H15NO4/c2*1-12(2,3)17-11(16)13-9-6-4-8(5-7-9)10(14)15/h2*4-7H,1-3H3,(H,13,16)(H,14,15). The first-order chi connectivity index (χ1) is 15.6. The Balaban J connectivity index is 0.000000340. The molecule has 0 bridgehead atoms. The summed E-state index contributed by atoms with van der Waals surface area (Å²) < 4.78 is 10.1. The van der Waals surface area contributed by atoms with Crippen molar-refractivity contribution in [2.45, 2.75) is 52.7 Å². The summed E-state index contributed by atoms with van der Waals surface area (Å²) in [6, 6.07) is 11.7. The van der Waals surface area contributed by atoms with Gasteiger partial charge in [0.15, 0.2) is 0 Å². The molecule has 0 aliphatic heterocycles. The number of carbonyl (C=O) groups is 4. The van der Waals surface area contributed by atoms with Crippen LogP contribution >= 0.6 is 0 Å². The molecule has 34 heavy (non-hydrogen) atoms. The van der Waals surface area contributed by atoms with Crippen LogP contribution in [0.1, 0.15) is 62.3 Å². The van der Waals surface area contributed by atoms with Crippen LogP contribution in [0.25, 0.3) is 0 Å². The van der Waals surface area contributed by atoms with Gasteiger partial charge in [0.2, 0.25) is 0 Å². The average Bonchev–Trinajstić information content (AvgIpc) is 2.66. The van der Waals surface area contributed by atoms with Crippen molar-refractivity contribution in [3.8, 4) is 0 Å². The van der Waals surface area contributed by atoms with Gasteiger partial charge < -0.3 is 19.7 Å². The molecule has 2 rings (SSSR count). The van der Waals surface area contributed by atoms with Gasteiger partial charge >= 0.3 is 24.1 Å². The van der Waals surface area contributed by atoms with Crippen LogP contribution in [0.5, 0.6) is 0 Å². The minimum atomic E-state index is -1.01. The van der Waals surface area contributed by atoms with E-state index >= 15 is 0 Å². The van der Waals surface area contributed by atoms with E-state index in [4.69, 9.17) is 19.7 Å². The zero-order valence-electron chi connectivity index (χ0n) is 20.0. The number of carboxylic acid groups (broad SMARTS) is 2. The van der Waals surface area contributed by atoms with Gasteiger partial charge in [-0.05, 0) is 90.1 Å². The third-order valence-electron chi connectivity index (χ3n) is 3.55. The molecule has 10 heteroatoms. The minimum Gasteiger partial charge on any atom is -0.478 e. The van der Waals surface area contributed by atoms with Crippen molar-refractivity contribution in [1.82, 2.24) is 0 Å². The van der Waals surface area contributed by atoms with Crippen molar-refractivity contribution >= 4 is 35.5 Å². The molecule has 0 unspecified atom stereocenters. The van der Waals surface area contributed by atoms with E-state index in [-0.39, 0.29) is 11.1 Å². The summed E-state index contributed by atoms with van der Waals surface area (Å²) in [5.74, 6) is -2.01. The number of carboxylic acids is 2. The summed E-state index contributed by atoms with van der Waals surface area (Å²) in [4.78, 5) is 44.0. The Bertz CT molecular complexity index is 918. The highest BCUT2D eigenvalue weighted by atomic mass is 16.6. The maximum absolute atomic E-state index is 11.4. The van der Waals surface area contributed by atoms with Crippen molar-refractivity contribution in [3.05, 3.63) is 59.7 Å². The monoisotopic (exact) mass is 474 g/mol. The molecule has 0 saturated carbocycles. The van der Waals surface area contributed by atoms with Crippen LogP contribution < -0.4 is 10.6 Å². The van der Waals surface area contributed by atoms with Gasteiger partial charge in [0.25, 0.3) is 0 Å². The zero-order chi connectivity index (χ0) is 26.1. The second-order valence-electron chi connectivity index (χ2n) is 9.02. The molecule has 0 saturated heterocycles. The predicted octanol–water partition coefficient (Wildman–Crippen LogP) is 5.46. The van der Waals surface area contributed by atoms with Crippen LogP contribution in [-0.2, 0) is 9.47 Å². The Hall–Kier alpha value is -4.08. The Labute approximate surface area is 197 Å². The first kappa shape index (κ1) is 28.0. The van der Waals surface area contributed by atoms with E-state index in [0.29, 0.717) is 11.4 Å². The number of aromatic carboxylic acids is 2. The van der Waals surface area contributed by atoms with Crippen LogP contribution in [0, 0.1) is 0 Å². The van der Waals surface area contributed by atoms with E-state index in [1.807, 2.05) is 0 Å². The Morgan fingerprint density at radius 2 is 0.853 bits per heavy atom. The molecule has 2 amide bonds. The van der Waals surface area contributed by atoms with E-state index < -0.39 is 35.3 Å². The molecule has 0 heterocycles. The largest absolute Gasteiger partial charge is 0.478 e. The lowest BCUT2D eigenvalue weighted by atomic mass is 10.2. The van der Waals surface area contributed by atoms with Crippen LogP contribution in [0.3, 0.4) is 0 Å². The van der Waals surface area contributed by atoms with Gasteiger partial charge in [-0.3, -0.25) is 10.6 Å². The fourth-order valence-corrected chi connectivity index (χ4v) is 2.24. The lowest BCUT2D eigenvalue weighted by molar-refractivity contribution is 0.0624. The van der Waals surface area contributed by atoms with Crippen molar-refractivity contribution in [1.29, 1.82) is 0 Å². The second-order valence-corrected chi connectivity index (χ2v) is 9.02. The van der Waals surface area contributed by atoms with E-state index in [2.05, 4.69) is 10.6 Å². The topological polar surface area (TPSA) is 151 Å². The second kappa shape index (κ2) is 11.7. The number of carbonyl (C=O) groups excluding carboxylic acids is 2. The van der Waals surface area contributed by atoms with Crippen molar-refractivity contribution in [2.24, 2.45) is 0 Å². The molecule has 10 nitrogen and oxygen atoms in total. The molecule has 4 N–H and O–H groups in total. The number of hydrogen-bond donors (Lipinski definition) is 4. The van der Waals surface area contributed by atoms with Crippen molar-refractivity contribution in [3.63, 3.8) is 0 Å². The molecule has 2 aromatic carbocycles. The number of rotatable bonds is 4. The molecule has 0 atom stereocenters. The summed E-state index contributed by atoms with van der Waals surface area (Å²) in [6.45, 7) is 10.6. The predicted molar refractivity (Wildman–Crippen MR) is 127 cm³/mol. The van der Waals surface area contributed by atoms with Gasteiger partial charge in [0.1, 0.15) is 11.2 Å². The zero-order valence-corrected chi connectivity index (χ0v) is 20.0. The number of ether oxygens (including phenoxy) is 2. The van der Waals surface area contributed by atoms with E-state index in [9.17, 15) is 19.2 Å². The number of hydrogen-bond acceptors (Lipinski definition) is 6. The number of benzene rings is 2. The third-order valence-corrected chi connectivity index (χ3v) is 3.55. The lowest BCUT2D eigenvalue weighted by Crippen LogP contribution is -2.27. The molecular formula is C24H30N2O8. The Morgan fingerprint density at radius 3 is 1.06 bits per heavy atom. The number of anilines is 2. The molecule has 0 aliphatic rings. The fraction of sp³-hybridized carbons (Fsp3) is 0.333. The first-order valence-corrected chi connectivity index (χ1v) is 10.2. The maximum atomic E-state index is 11.4. The van der Waals surface area contributed by atoms with Crippen molar-refractivity contribution in [2.75, 3.05) is 10.6 Å². The summed E-state index contributed by atoms with van der Waals surface area (Å²) >= 11 is 0. The van der Waals surface area contributed by atoms with Gasteiger partial charge in [0, 0.05) is 11.4 Å². The summed E-state index contributed by atoms with van der Waals surface area (Å²) in [6.07, 6.45) is -1.14. The molecule has 184 valence electrons. The van der Waals surface area contributed by atoms with Gasteiger partial charge in [0.05, 0.1) is 11.1 Å². The SMILES string of the molecule is CC(C)(C)OC(=O)Nc1ccc(C(=O)O)cc1.CC(C)(C)OC(=O)Nc1ccc(C(=O)O)cc1. The lowest BCUT2D eigenvalue weighted by Gasteiger charge is -2.19. The summed E-state index contributed by atoms with van der Waals surface area (Å²) in [5.41, 5.74) is 0.184. The fourth-order valence-electron chi connectivity index (χ4n) is 2.24. The Morgan fingerprint density at radius 1 is 0.588 bits per heavy atom. The third kappa shape index (κ3) is 11.5. The highest BCUT2D eigenvalue weighted by Gasteiger charge is 2.17. The Kier molecular flexibility index (Phi) is 9.61. The smallest absolute Gasteiger partial charge is 0.412 e. The molecule has 0 aliphatic carbocycles. The van der Waals surface area contributed by atoms with Crippen LogP contribution in [0.15, 0.2) is 48.5 Å². The molecule has 0 fully saturated rings. The normalized spacial score (nSPS) is 10.8. The van der Waals surface area contributed by atoms with Gasteiger partial charge in [-0.2, -0.15) is 0 Å².